The van der Waals surface area contributed by atoms with Gasteiger partial charge >= 0.3 is 5.97 Å². The van der Waals surface area contributed by atoms with E-state index in [1.165, 1.54) is 6.07 Å². The Balaban J connectivity index is 2.37. The lowest BCUT2D eigenvalue weighted by atomic mass is 9.80. The number of hydrogen-bond acceptors (Lipinski definition) is 5. The van der Waals surface area contributed by atoms with E-state index in [-0.39, 0.29) is 10.0 Å². The lowest BCUT2D eigenvalue weighted by Crippen LogP contribution is -2.38. The summed E-state index contributed by atoms with van der Waals surface area (Å²) in [4.78, 5) is 36.9. The molecule has 2 rings (SSSR count). The van der Waals surface area contributed by atoms with E-state index >= 15 is 0 Å². The fourth-order valence-electron chi connectivity index (χ4n) is 2.87. The zero-order valence-corrected chi connectivity index (χ0v) is 17.2. The average molecular weight is 414 g/mol. The fraction of sp³-hybridized carbons (Fsp3) is 0.421. The van der Waals surface area contributed by atoms with Crippen molar-refractivity contribution < 1.29 is 24.2 Å². The summed E-state index contributed by atoms with van der Waals surface area (Å²) in [7, 11) is 0. The molecule has 1 amide bonds. The Kier molecular flexibility index (Phi) is 5.92. The Morgan fingerprint density at radius 1 is 1.30 bits per heavy atom. The molecule has 0 spiro atoms. The number of halogens is 2. The summed E-state index contributed by atoms with van der Waals surface area (Å²) in [6.07, 6.45) is 0. The second-order valence-electron chi connectivity index (χ2n) is 7.34. The number of amides is 1. The molecule has 0 bridgehead atoms. The fourth-order valence-corrected chi connectivity index (χ4v) is 3.28. The van der Waals surface area contributed by atoms with Gasteiger partial charge in [-0.2, -0.15) is 0 Å². The molecule has 2 N–H and O–H groups in total. The van der Waals surface area contributed by atoms with E-state index in [1.54, 1.807) is 34.6 Å². The Bertz CT molecular complexity index is 868. The number of carbonyl (C=O) groups is 3. The van der Waals surface area contributed by atoms with Crippen LogP contribution in [0.4, 0.5) is 0 Å². The van der Waals surface area contributed by atoms with Crippen molar-refractivity contribution in [3.63, 3.8) is 0 Å². The van der Waals surface area contributed by atoms with Crippen LogP contribution >= 0.6 is 23.2 Å². The first-order valence-corrected chi connectivity index (χ1v) is 9.07. The highest BCUT2D eigenvalue weighted by atomic mass is 35.5. The second kappa shape index (κ2) is 7.52. The Labute approximate surface area is 167 Å². The molecule has 8 heteroatoms. The molecule has 0 fully saturated rings. The number of carbonyl (C=O) groups excluding carboxylic acids is 3. The van der Waals surface area contributed by atoms with Gasteiger partial charge in [-0.3, -0.25) is 14.4 Å². The third-order valence-corrected chi connectivity index (χ3v) is 4.99. The van der Waals surface area contributed by atoms with E-state index in [9.17, 15) is 19.5 Å². The van der Waals surface area contributed by atoms with Crippen molar-refractivity contribution >= 4 is 46.6 Å². The number of ether oxygens (including phenoxy) is 1. The molecular formula is C19H21Cl2NO5. The molecule has 27 heavy (non-hydrogen) atoms. The number of fused-ring (bicyclic) bond motifs is 1. The highest BCUT2D eigenvalue weighted by Gasteiger charge is 2.37. The molecule has 0 saturated carbocycles. The van der Waals surface area contributed by atoms with Gasteiger partial charge in [-0.15, -0.1) is 0 Å². The zero-order chi connectivity index (χ0) is 20.7. The summed E-state index contributed by atoms with van der Waals surface area (Å²) in [5, 5.41) is 13.4. The van der Waals surface area contributed by atoms with Crippen LogP contribution in [0.1, 0.15) is 50.3 Å². The van der Waals surface area contributed by atoms with E-state index in [1.807, 2.05) is 0 Å². The van der Waals surface area contributed by atoms with E-state index in [0.29, 0.717) is 16.7 Å². The maximum Gasteiger partial charge on any atom is 0.325 e. The topological polar surface area (TPSA) is 92.7 Å². The SMILES string of the molecule is Cc1c(Cl)c(Cl)cc2c1C(O)=C(C(=O)NCC(=O)OC(C)(C)C)C(=O)C2C. The number of Topliss-reactive ketones (excluding diaryl/α,β-unsaturated/α-hetero) is 1. The second-order valence-corrected chi connectivity index (χ2v) is 8.13. The summed E-state index contributed by atoms with van der Waals surface area (Å²) in [5.74, 6) is -3.26. The van der Waals surface area contributed by atoms with Gasteiger partial charge in [0, 0.05) is 11.5 Å². The molecule has 1 aromatic rings. The van der Waals surface area contributed by atoms with E-state index < -0.39 is 47.1 Å². The number of benzene rings is 1. The van der Waals surface area contributed by atoms with Gasteiger partial charge in [0.05, 0.1) is 10.0 Å². The van der Waals surface area contributed by atoms with Gasteiger partial charge in [-0.1, -0.05) is 30.1 Å². The summed E-state index contributed by atoms with van der Waals surface area (Å²) < 4.78 is 5.11. The molecule has 0 aliphatic heterocycles. The lowest BCUT2D eigenvalue weighted by molar-refractivity contribution is -0.154. The van der Waals surface area contributed by atoms with Crippen molar-refractivity contribution in [3.8, 4) is 0 Å². The molecule has 0 saturated heterocycles. The van der Waals surface area contributed by atoms with E-state index in [4.69, 9.17) is 27.9 Å². The van der Waals surface area contributed by atoms with Crippen LogP contribution in [-0.4, -0.2) is 34.9 Å². The molecule has 0 heterocycles. The van der Waals surface area contributed by atoms with Crippen LogP contribution in [0.3, 0.4) is 0 Å². The number of aliphatic hydroxyl groups is 1. The molecule has 146 valence electrons. The van der Waals surface area contributed by atoms with Gasteiger partial charge in [0.2, 0.25) is 0 Å². The summed E-state index contributed by atoms with van der Waals surface area (Å²) >= 11 is 12.2. The average Bonchev–Trinajstić information content (AvgIpc) is 2.54. The number of ketones is 1. The van der Waals surface area contributed by atoms with Gasteiger partial charge in [0.25, 0.3) is 5.91 Å². The highest BCUT2D eigenvalue weighted by molar-refractivity contribution is 6.43. The number of aliphatic hydroxyl groups excluding tert-OH is 1. The minimum absolute atomic E-state index is 0.233. The molecular weight excluding hydrogens is 393 g/mol. The molecule has 0 aromatic heterocycles. The minimum Gasteiger partial charge on any atom is -0.506 e. The summed E-state index contributed by atoms with van der Waals surface area (Å²) in [6.45, 7) is 7.91. The van der Waals surface area contributed by atoms with Crippen molar-refractivity contribution in [2.24, 2.45) is 0 Å². The maximum absolute atomic E-state index is 12.6. The van der Waals surface area contributed by atoms with Crippen molar-refractivity contribution in [2.45, 2.75) is 46.1 Å². The van der Waals surface area contributed by atoms with Gasteiger partial charge in [-0.05, 0) is 44.9 Å². The first-order valence-electron chi connectivity index (χ1n) is 8.31. The Morgan fingerprint density at radius 3 is 2.44 bits per heavy atom. The van der Waals surface area contributed by atoms with Gasteiger partial charge in [0.1, 0.15) is 23.5 Å². The highest BCUT2D eigenvalue weighted by Crippen LogP contribution is 2.42. The Hall–Kier alpha value is -2.05. The predicted molar refractivity (Wildman–Crippen MR) is 103 cm³/mol. The zero-order valence-electron chi connectivity index (χ0n) is 15.7. The maximum atomic E-state index is 12.6. The van der Waals surface area contributed by atoms with Gasteiger partial charge in [0.15, 0.2) is 5.78 Å². The van der Waals surface area contributed by atoms with Crippen LogP contribution in [0.5, 0.6) is 0 Å². The van der Waals surface area contributed by atoms with Crippen molar-refractivity contribution in [3.05, 3.63) is 38.4 Å². The smallest absolute Gasteiger partial charge is 0.325 e. The number of esters is 1. The number of rotatable bonds is 3. The quantitative estimate of drug-likeness (QED) is 0.581. The summed E-state index contributed by atoms with van der Waals surface area (Å²) in [5.41, 5.74) is 0.144. The molecule has 1 aliphatic rings. The van der Waals surface area contributed by atoms with Crippen LogP contribution in [0.2, 0.25) is 10.0 Å². The lowest BCUT2D eigenvalue weighted by Gasteiger charge is -2.26. The third-order valence-electron chi connectivity index (χ3n) is 4.10. The molecule has 1 aromatic carbocycles. The van der Waals surface area contributed by atoms with Crippen molar-refractivity contribution in [2.75, 3.05) is 6.54 Å². The standard InChI is InChI=1S/C19H21Cl2NO5/c1-8-10-6-11(20)15(21)9(2)13(10)17(25)14(16(8)24)18(26)22-7-12(23)27-19(3,4)5/h6,8,25H,7H2,1-5H3,(H,22,26). The van der Waals surface area contributed by atoms with Crippen molar-refractivity contribution in [1.29, 1.82) is 0 Å². The number of hydrogen-bond donors (Lipinski definition) is 2. The third kappa shape index (κ3) is 4.28. The molecule has 1 unspecified atom stereocenters. The van der Waals surface area contributed by atoms with Gasteiger partial charge in [-0.25, -0.2) is 0 Å². The Morgan fingerprint density at radius 2 is 1.89 bits per heavy atom. The van der Waals surface area contributed by atoms with Crippen LogP contribution in [0, 0.1) is 6.92 Å². The number of nitrogens with one attached hydrogen (secondary N) is 1. The molecule has 1 aliphatic carbocycles. The van der Waals surface area contributed by atoms with Crippen LogP contribution in [-0.2, 0) is 19.1 Å². The van der Waals surface area contributed by atoms with Crippen LogP contribution in [0.15, 0.2) is 11.6 Å². The predicted octanol–water partition coefficient (Wildman–Crippen LogP) is 3.72. The minimum atomic E-state index is -0.855. The summed E-state index contributed by atoms with van der Waals surface area (Å²) in [6, 6.07) is 1.51. The molecule has 1 atom stereocenters. The van der Waals surface area contributed by atoms with Gasteiger partial charge < -0.3 is 15.2 Å². The largest absolute Gasteiger partial charge is 0.506 e. The molecule has 6 nitrogen and oxygen atoms in total. The van der Waals surface area contributed by atoms with E-state index in [0.717, 1.165) is 0 Å². The van der Waals surface area contributed by atoms with Crippen molar-refractivity contribution in [1.82, 2.24) is 5.32 Å². The monoisotopic (exact) mass is 413 g/mol. The first-order chi connectivity index (χ1) is 12.3. The first kappa shape index (κ1) is 21.3. The van der Waals surface area contributed by atoms with Crippen LogP contribution < -0.4 is 5.32 Å². The molecule has 0 radical (unpaired) electrons. The van der Waals surface area contributed by atoms with Crippen LogP contribution in [0.25, 0.3) is 5.76 Å². The van der Waals surface area contributed by atoms with E-state index in [2.05, 4.69) is 5.32 Å². The normalized spacial score (nSPS) is 16.9.